The smallest absolute Gasteiger partial charge is 0.267 e. The molecule has 0 saturated carbocycles. The summed E-state index contributed by atoms with van der Waals surface area (Å²) in [6.45, 7) is 0.225. The summed E-state index contributed by atoms with van der Waals surface area (Å²) in [5, 5.41) is 0. The van der Waals surface area contributed by atoms with E-state index in [1.165, 1.54) is 41.8 Å². The van der Waals surface area contributed by atoms with Gasteiger partial charge in [0, 0.05) is 10.4 Å². The van der Waals surface area contributed by atoms with Gasteiger partial charge in [-0.1, -0.05) is 12.1 Å². The minimum Gasteiger partial charge on any atom is -0.486 e. The zero-order valence-corrected chi connectivity index (χ0v) is 15.2. The molecule has 140 valence electrons. The van der Waals surface area contributed by atoms with Crippen molar-refractivity contribution in [3.8, 4) is 16.9 Å². The predicted molar refractivity (Wildman–Crippen MR) is 102 cm³/mol. The van der Waals surface area contributed by atoms with E-state index in [0.29, 0.717) is 11.3 Å². The van der Waals surface area contributed by atoms with Crippen LogP contribution in [0.25, 0.3) is 21.3 Å². The van der Waals surface area contributed by atoms with Gasteiger partial charge in [0.15, 0.2) is 0 Å². The van der Waals surface area contributed by atoms with Gasteiger partial charge in [0.05, 0.1) is 16.4 Å². The Kier molecular flexibility index (Phi) is 4.70. The van der Waals surface area contributed by atoms with Crippen molar-refractivity contribution in [2.45, 2.75) is 6.61 Å². The number of nitrogens with two attached hydrogens (primary N) is 1. The molecule has 0 aliphatic carbocycles. The molecule has 0 aliphatic heterocycles. The van der Waals surface area contributed by atoms with Crippen LogP contribution >= 0.6 is 11.3 Å². The summed E-state index contributed by atoms with van der Waals surface area (Å²) < 4.78 is 32.6. The minimum atomic E-state index is -0.647. The van der Waals surface area contributed by atoms with Crippen LogP contribution in [-0.2, 0) is 6.61 Å². The van der Waals surface area contributed by atoms with Gasteiger partial charge in [-0.15, -0.1) is 11.3 Å². The molecule has 3 aromatic heterocycles. The number of rotatable bonds is 5. The van der Waals surface area contributed by atoms with Crippen LogP contribution in [0.1, 0.15) is 15.4 Å². The minimum absolute atomic E-state index is 0.125. The van der Waals surface area contributed by atoms with Gasteiger partial charge in [-0.05, 0) is 42.0 Å². The van der Waals surface area contributed by atoms with E-state index >= 15 is 0 Å². The van der Waals surface area contributed by atoms with Crippen LogP contribution in [0, 0.1) is 11.8 Å². The van der Waals surface area contributed by atoms with Gasteiger partial charge in [-0.25, -0.2) is 14.4 Å². The highest BCUT2D eigenvalue weighted by Gasteiger charge is 2.15. The van der Waals surface area contributed by atoms with Crippen molar-refractivity contribution in [3.05, 3.63) is 77.1 Å². The molecule has 0 bridgehead atoms. The van der Waals surface area contributed by atoms with Crippen molar-refractivity contribution in [3.63, 3.8) is 0 Å². The number of hydrogen-bond donors (Lipinski definition) is 1. The van der Waals surface area contributed by atoms with Crippen LogP contribution in [0.2, 0.25) is 0 Å². The second-order valence-electron chi connectivity index (χ2n) is 5.96. The Balaban J connectivity index is 1.72. The van der Waals surface area contributed by atoms with Gasteiger partial charge >= 0.3 is 0 Å². The number of carbonyl (C=O) groups excluding carboxylic acids is 1. The van der Waals surface area contributed by atoms with E-state index in [1.807, 2.05) is 0 Å². The number of fused-ring (bicyclic) bond motifs is 1. The second kappa shape index (κ2) is 7.32. The molecule has 4 rings (SSSR count). The topological polar surface area (TPSA) is 78.1 Å². The van der Waals surface area contributed by atoms with Gasteiger partial charge in [0.25, 0.3) is 5.91 Å². The zero-order valence-electron chi connectivity index (χ0n) is 14.4. The average molecular weight is 397 g/mol. The van der Waals surface area contributed by atoms with Crippen molar-refractivity contribution in [2.24, 2.45) is 5.73 Å². The maximum atomic E-state index is 13.3. The number of halogens is 2. The number of hydrogen-bond acceptors (Lipinski definition) is 5. The molecule has 0 radical (unpaired) electrons. The van der Waals surface area contributed by atoms with Gasteiger partial charge < -0.3 is 10.5 Å². The lowest BCUT2D eigenvalue weighted by Gasteiger charge is -2.05. The fraction of sp³-hybridized carbons (Fsp3) is 0.0500. The number of ether oxygens (including phenoxy) is 1. The molecule has 0 saturated heterocycles. The SMILES string of the molecule is NC(=O)c1cc(-c2ccc(F)cc2)c2sc(COc3ccc(F)nc3)cc2n1. The molecular weight excluding hydrogens is 384 g/mol. The molecule has 4 aromatic rings. The highest BCUT2D eigenvalue weighted by atomic mass is 32.1. The monoisotopic (exact) mass is 397 g/mol. The second-order valence-corrected chi connectivity index (χ2v) is 7.10. The summed E-state index contributed by atoms with van der Waals surface area (Å²) in [7, 11) is 0. The third-order valence-electron chi connectivity index (χ3n) is 4.02. The highest BCUT2D eigenvalue weighted by Crippen LogP contribution is 2.35. The number of pyridine rings is 2. The first kappa shape index (κ1) is 18.0. The molecule has 3 heterocycles. The maximum Gasteiger partial charge on any atom is 0.267 e. The molecule has 0 unspecified atom stereocenters. The molecule has 28 heavy (non-hydrogen) atoms. The number of amides is 1. The van der Waals surface area contributed by atoms with E-state index in [4.69, 9.17) is 10.5 Å². The third-order valence-corrected chi connectivity index (χ3v) is 5.15. The summed E-state index contributed by atoms with van der Waals surface area (Å²) in [5.74, 6) is -1.14. The standard InChI is InChI=1S/C20H13F2N3O2S/c21-12-3-1-11(2-4-12)15-8-17(20(23)26)25-16-7-14(28-19(15)16)10-27-13-5-6-18(22)24-9-13/h1-9H,10H2,(H2,23,26). The van der Waals surface area contributed by atoms with Gasteiger partial charge in [0.2, 0.25) is 5.95 Å². The third kappa shape index (κ3) is 3.67. The number of carbonyl (C=O) groups is 1. The first-order valence-electron chi connectivity index (χ1n) is 8.23. The quantitative estimate of drug-likeness (QED) is 0.509. The van der Waals surface area contributed by atoms with Crippen LogP contribution in [0.15, 0.2) is 54.7 Å². The lowest BCUT2D eigenvalue weighted by Crippen LogP contribution is -2.13. The summed E-state index contributed by atoms with van der Waals surface area (Å²) in [6.07, 6.45) is 1.30. The molecule has 2 N–H and O–H groups in total. The number of thiophene rings is 1. The molecule has 1 aromatic carbocycles. The Hall–Kier alpha value is -3.39. The largest absolute Gasteiger partial charge is 0.486 e. The summed E-state index contributed by atoms with van der Waals surface area (Å²) >= 11 is 1.44. The van der Waals surface area contributed by atoms with E-state index in [0.717, 1.165) is 20.7 Å². The van der Waals surface area contributed by atoms with E-state index in [1.54, 1.807) is 24.3 Å². The predicted octanol–water partition coefficient (Wildman–Crippen LogP) is 4.31. The first-order valence-corrected chi connectivity index (χ1v) is 9.05. The Bertz CT molecular complexity index is 1160. The van der Waals surface area contributed by atoms with Crippen LogP contribution < -0.4 is 10.5 Å². The van der Waals surface area contributed by atoms with Crippen LogP contribution in [0.3, 0.4) is 0 Å². The molecular formula is C20H13F2N3O2S. The summed E-state index contributed by atoms with van der Waals surface area (Å²) in [4.78, 5) is 20.4. The molecule has 1 amide bonds. The summed E-state index contributed by atoms with van der Waals surface area (Å²) in [5.41, 5.74) is 7.61. The van der Waals surface area contributed by atoms with E-state index in [9.17, 15) is 13.6 Å². The molecule has 0 spiro atoms. The molecule has 0 fully saturated rings. The van der Waals surface area contributed by atoms with Crippen LogP contribution in [-0.4, -0.2) is 15.9 Å². The van der Waals surface area contributed by atoms with E-state index in [-0.39, 0.29) is 18.1 Å². The lowest BCUT2D eigenvalue weighted by atomic mass is 10.0. The van der Waals surface area contributed by atoms with Gasteiger partial charge in [-0.2, -0.15) is 4.39 Å². The van der Waals surface area contributed by atoms with Crippen molar-refractivity contribution < 1.29 is 18.3 Å². The van der Waals surface area contributed by atoms with Crippen molar-refractivity contribution >= 4 is 27.5 Å². The Morgan fingerprint density at radius 3 is 2.57 bits per heavy atom. The van der Waals surface area contributed by atoms with Crippen molar-refractivity contribution in [1.29, 1.82) is 0 Å². The molecule has 0 aliphatic rings. The molecule has 8 heteroatoms. The maximum absolute atomic E-state index is 13.3. The molecule has 5 nitrogen and oxygen atoms in total. The summed E-state index contributed by atoms with van der Waals surface area (Å²) in [6, 6.07) is 12.1. The van der Waals surface area contributed by atoms with Crippen LogP contribution in [0.4, 0.5) is 8.78 Å². The van der Waals surface area contributed by atoms with E-state index in [2.05, 4.69) is 9.97 Å². The molecule has 0 atom stereocenters. The fourth-order valence-corrected chi connectivity index (χ4v) is 3.76. The fourth-order valence-electron chi connectivity index (χ4n) is 2.71. The first-order chi connectivity index (χ1) is 13.5. The zero-order chi connectivity index (χ0) is 19.7. The normalized spacial score (nSPS) is 10.9. The van der Waals surface area contributed by atoms with Gasteiger partial charge in [-0.3, -0.25) is 4.79 Å². The van der Waals surface area contributed by atoms with Gasteiger partial charge in [0.1, 0.15) is 23.9 Å². The Labute approximate surface area is 162 Å². The Morgan fingerprint density at radius 1 is 1.11 bits per heavy atom. The Morgan fingerprint density at radius 2 is 1.89 bits per heavy atom. The number of primary amides is 1. The average Bonchev–Trinajstić information content (AvgIpc) is 3.10. The number of benzene rings is 1. The van der Waals surface area contributed by atoms with Crippen molar-refractivity contribution in [2.75, 3.05) is 0 Å². The lowest BCUT2D eigenvalue weighted by molar-refractivity contribution is 0.0996. The number of aromatic nitrogens is 2. The number of nitrogens with zero attached hydrogens (tertiary/aromatic N) is 2. The highest BCUT2D eigenvalue weighted by molar-refractivity contribution is 7.19. The van der Waals surface area contributed by atoms with Crippen molar-refractivity contribution in [1.82, 2.24) is 9.97 Å². The van der Waals surface area contributed by atoms with Crippen LogP contribution in [0.5, 0.6) is 5.75 Å². The van der Waals surface area contributed by atoms with E-state index < -0.39 is 11.9 Å².